The van der Waals surface area contributed by atoms with Crippen LogP contribution in [0.1, 0.15) is 53.4 Å². The van der Waals surface area contributed by atoms with E-state index in [1.54, 1.807) is 0 Å². The van der Waals surface area contributed by atoms with Crippen molar-refractivity contribution in [2.45, 2.75) is 53.4 Å². The van der Waals surface area contributed by atoms with Crippen molar-refractivity contribution in [3.8, 4) is 0 Å². The summed E-state index contributed by atoms with van der Waals surface area (Å²) in [4.78, 5) is 0. The predicted molar refractivity (Wildman–Crippen MR) is 65.9 cm³/mol. The first-order chi connectivity index (χ1) is 6.98. The fourth-order valence-electron chi connectivity index (χ4n) is 3.52. The second-order valence-corrected chi connectivity index (χ2v) is 6.76. The molecule has 1 aliphatic carbocycles. The Kier molecular flexibility index (Phi) is 2.87. The minimum atomic E-state index is 0.614. The van der Waals surface area contributed by atoms with E-state index in [0.717, 1.165) is 11.8 Å². The van der Waals surface area contributed by atoms with E-state index in [9.17, 15) is 0 Å². The third-order valence-corrected chi connectivity index (χ3v) is 5.25. The summed E-state index contributed by atoms with van der Waals surface area (Å²) < 4.78 is 0. The maximum atomic E-state index is 3.60. The van der Waals surface area contributed by atoms with Crippen molar-refractivity contribution in [2.24, 2.45) is 22.7 Å². The van der Waals surface area contributed by atoms with Gasteiger partial charge in [0.1, 0.15) is 0 Å². The fraction of sp³-hybridized carbons (Fsp3) is 1.00. The standard InChI is InChI=1S/C14H27N/c1-11(2)9-12-10-15-8-7-14(12,4)13(3)5-6-13/h11-12,15H,5-10H2,1-4H3. The maximum absolute atomic E-state index is 3.60. The molecule has 0 bridgehead atoms. The number of piperidine rings is 1. The van der Waals surface area contributed by atoms with E-state index < -0.39 is 0 Å². The van der Waals surface area contributed by atoms with Crippen LogP contribution in [0.15, 0.2) is 0 Å². The van der Waals surface area contributed by atoms with Crippen molar-refractivity contribution >= 4 is 0 Å². The van der Waals surface area contributed by atoms with E-state index in [-0.39, 0.29) is 0 Å². The molecule has 15 heavy (non-hydrogen) atoms. The smallest absolute Gasteiger partial charge is 0.00150 e. The molecular formula is C14H27N. The average Bonchev–Trinajstić information content (AvgIpc) is 2.89. The maximum Gasteiger partial charge on any atom is -0.00150 e. The van der Waals surface area contributed by atoms with E-state index in [4.69, 9.17) is 0 Å². The van der Waals surface area contributed by atoms with E-state index in [1.165, 1.54) is 38.8 Å². The van der Waals surface area contributed by atoms with Crippen molar-refractivity contribution < 1.29 is 0 Å². The molecule has 0 spiro atoms. The Balaban J connectivity index is 2.11. The number of hydrogen-bond donors (Lipinski definition) is 1. The Morgan fingerprint density at radius 2 is 1.87 bits per heavy atom. The minimum Gasteiger partial charge on any atom is -0.316 e. The first-order valence-corrected chi connectivity index (χ1v) is 6.69. The van der Waals surface area contributed by atoms with Gasteiger partial charge in [-0.05, 0) is 61.4 Å². The van der Waals surface area contributed by atoms with Gasteiger partial charge < -0.3 is 5.32 Å². The van der Waals surface area contributed by atoms with Crippen molar-refractivity contribution in [3.05, 3.63) is 0 Å². The molecule has 2 aliphatic rings. The molecule has 0 aromatic carbocycles. The summed E-state index contributed by atoms with van der Waals surface area (Å²) in [5.74, 6) is 1.75. The third-order valence-electron chi connectivity index (χ3n) is 5.25. The highest BCUT2D eigenvalue weighted by Gasteiger charge is 2.56. The van der Waals surface area contributed by atoms with Crippen LogP contribution in [0.4, 0.5) is 0 Å². The molecule has 0 radical (unpaired) electrons. The highest BCUT2D eigenvalue weighted by molar-refractivity contribution is 5.07. The molecule has 0 aromatic heterocycles. The third kappa shape index (κ3) is 1.95. The Bertz CT molecular complexity index is 229. The number of rotatable bonds is 3. The fourth-order valence-corrected chi connectivity index (χ4v) is 3.52. The number of hydrogen-bond acceptors (Lipinski definition) is 1. The van der Waals surface area contributed by atoms with Crippen LogP contribution >= 0.6 is 0 Å². The SMILES string of the molecule is CC(C)CC1CNCCC1(C)C1(C)CC1. The Morgan fingerprint density at radius 1 is 1.20 bits per heavy atom. The van der Waals surface area contributed by atoms with Gasteiger partial charge in [0.05, 0.1) is 0 Å². The van der Waals surface area contributed by atoms with Crippen LogP contribution in [0.25, 0.3) is 0 Å². The normalized spacial score (nSPS) is 39.4. The van der Waals surface area contributed by atoms with Gasteiger partial charge in [-0.1, -0.05) is 27.7 Å². The van der Waals surface area contributed by atoms with Gasteiger partial charge in [0.15, 0.2) is 0 Å². The summed E-state index contributed by atoms with van der Waals surface area (Å²) in [5.41, 5.74) is 1.29. The number of nitrogens with one attached hydrogen (secondary N) is 1. The molecule has 0 aromatic rings. The largest absolute Gasteiger partial charge is 0.316 e. The summed E-state index contributed by atoms with van der Waals surface area (Å²) >= 11 is 0. The molecule has 1 saturated carbocycles. The summed E-state index contributed by atoms with van der Waals surface area (Å²) in [6.07, 6.45) is 5.73. The molecule has 1 heteroatoms. The Hall–Kier alpha value is -0.0400. The van der Waals surface area contributed by atoms with Crippen LogP contribution in [0, 0.1) is 22.7 Å². The van der Waals surface area contributed by atoms with Gasteiger partial charge in [0.2, 0.25) is 0 Å². The lowest BCUT2D eigenvalue weighted by molar-refractivity contribution is 0.0347. The second kappa shape index (κ2) is 3.76. The molecule has 88 valence electrons. The highest BCUT2D eigenvalue weighted by Crippen LogP contribution is 2.64. The predicted octanol–water partition coefficient (Wildman–Crippen LogP) is 3.45. The molecule has 1 aliphatic heterocycles. The second-order valence-electron chi connectivity index (χ2n) is 6.76. The van der Waals surface area contributed by atoms with E-state index in [0.29, 0.717) is 10.8 Å². The van der Waals surface area contributed by atoms with E-state index in [2.05, 4.69) is 33.0 Å². The van der Waals surface area contributed by atoms with Crippen molar-refractivity contribution in [1.29, 1.82) is 0 Å². The van der Waals surface area contributed by atoms with Gasteiger partial charge in [0.25, 0.3) is 0 Å². The zero-order chi connectivity index (χ0) is 11.1. The van der Waals surface area contributed by atoms with Gasteiger partial charge in [-0.25, -0.2) is 0 Å². The quantitative estimate of drug-likeness (QED) is 0.750. The van der Waals surface area contributed by atoms with Crippen molar-refractivity contribution in [2.75, 3.05) is 13.1 Å². The topological polar surface area (TPSA) is 12.0 Å². The van der Waals surface area contributed by atoms with Crippen LogP contribution in [-0.4, -0.2) is 13.1 Å². The molecule has 1 nitrogen and oxygen atoms in total. The van der Waals surface area contributed by atoms with Gasteiger partial charge >= 0.3 is 0 Å². The molecule has 0 amide bonds. The lowest BCUT2D eigenvalue weighted by Gasteiger charge is -2.47. The summed E-state index contributed by atoms with van der Waals surface area (Å²) in [5, 5.41) is 3.60. The minimum absolute atomic E-state index is 0.614. The summed E-state index contributed by atoms with van der Waals surface area (Å²) in [6, 6.07) is 0. The molecule has 1 N–H and O–H groups in total. The van der Waals surface area contributed by atoms with Gasteiger partial charge in [0, 0.05) is 0 Å². The molecule has 2 rings (SSSR count). The summed E-state index contributed by atoms with van der Waals surface area (Å²) in [7, 11) is 0. The Morgan fingerprint density at radius 3 is 2.40 bits per heavy atom. The van der Waals surface area contributed by atoms with E-state index >= 15 is 0 Å². The lowest BCUT2D eigenvalue weighted by Crippen LogP contribution is -2.48. The molecule has 1 saturated heterocycles. The van der Waals surface area contributed by atoms with Gasteiger partial charge in [-0.3, -0.25) is 0 Å². The zero-order valence-electron chi connectivity index (χ0n) is 10.9. The molecule has 1 heterocycles. The Labute approximate surface area is 95.0 Å². The monoisotopic (exact) mass is 209 g/mol. The van der Waals surface area contributed by atoms with Crippen LogP contribution in [-0.2, 0) is 0 Å². The van der Waals surface area contributed by atoms with Crippen LogP contribution < -0.4 is 5.32 Å². The van der Waals surface area contributed by atoms with Crippen LogP contribution in [0.2, 0.25) is 0 Å². The highest BCUT2D eigenvalue weighted by atomic mass is 14.9. The molecule has 2 atom stereocenters. The van der Waals surface area contributed by atoms with Crippen LogP contribution in [0.3, 0.4) is 0 Å². The first kappa shape index (κ1) is 11.4. The zero-order valence-corrected chi connectivity index (χ0v) is 10.9. The van der Waals surface area contributed by atoms with Crippen molar-refractivity contribution in [1.82, 2.24) is 5.32 Å². The van der Waals surface area contributed by atoms with Gasteiger partial charge in [-0.15, -0.1) is 0 Å². The van der Waals surface area contributed by atoms with Crippen LogP contribution in [0.5, 0.6) is 0 Å². The summed E-state index contributed by atoms with van der Waals surface area (Å²) in [6.45, 7) is 12.3. The molecule has 2 fully saturated rings. The van der Waals surface area contributed by atoms with Crippen molar-refractivity contribution in [3.63, 3.8) is 0 Å². The molecule has 2 unspecified atom stereocenters. The van der Waals surface area contributed by atoms with E-state index in [1.807, 2.05) is 0 Å². The van der Waals surface area contributed by atoms with Gasteiger partial charge in [-0.2, -0.15) is 0 Å². The molecular weight excluding hydrogens is 182 g/mol. The first-order valence-electron chi connectivity index (χ1n) is 6.69. The average molecular weight is 209 g/mol. The lowest BCUT2D eigenvalue weighted by atomic mass is 9.61.